The number of nitrogens with one attached hydrogen (secondary N) is 2. The lowest BCUT2D eigenvalue weighted by atomic mass is 9.87. The first-order valence-corrected chi connectivity index (χ1v) is 13.1. The molecule has 166 valence electrons. The van der Waals surface area contributed by atoms with Gasteiger partial charge in [0.05, 0.1) is 12.7 Å². The fraction of sp³-hybridized carbons (Fsp3) is 0.545. The zero-order valence-electron chi connectivity index (χ0n) is 19.1. The van der Waals surface area contributed by atoms with Crippen molar-refractivity contribution in [3.63, 3.8) is 0 Å². The standard InChI is InChI=1S/C22H35N3O4Si/c1-14-11-16(21(23)24-26)12-15(2)19(14)27-10-8-9-17-13-18(25-28-17)20(22(3,4)5)29-30(6)7/h11-13,20,26,30H,8-10H2,1-7H3,(H2,23,24). The van der Waals surface area contributed by atoms with Crippen molar-refractivity contribution in [3.8, 4) is 5.75 Å². The predicted octanol–water partition coefficient (Wildman–Crippen LogP) is 4.69. The first kappa shape index (κ1) is 24.1. The van der Waals surface area contributed by atoms with Gasteiger partial charge in [-0.25, -0.2) is 0 Å². The fourth-order valence-electron chi connectivity index (χ4n) is 3.37. The van der Waals surface area contributed by atoms with Gasteiger partial charge in [-0.2, -0.15) is 0 Å². The number of hydroxylamine groups is 1. The van der Waals surface area contributed by atoms with E-state index in [4.69, 9.17) is 24.3 Å². The van der Waals surface area contributed by atoms with E-state index in [0.29, 0.717) is 12.2 Å². The highest BCUT2D eigenvalue weighted by molar-refractivity contribution is 6.48. The Labute approximate surface area is 181 Å². The summed E-state index contributed by atoms with van der Waals surface area (Å²) in [6.45, 7) is 15.2. The van der Waals surface area contributed by atoms with E-state index in [2.05, 4.69) is 39.0 Å². The Morgan fingerprint density at radius 1 is 1.23 bits per heavy atom. The molecule has 2 aromatic rings. The van der Waals surface area contributed by atoms with E-state index in [0.717, 1.165) is 41.2 Å². The Hall–Kier alpha value is -2.16. The van der Waals surface area contributed by atoms with Crippen molar-refractivity contribution in [2.75, 3.05) is 6.61 Å². The van der Waals surface area contributed by atoms with E-state index in [1.165, 1.54) is 0 Å². The summed E-state index contributed by atoms with van der Waals surface area (Å²) >= 11 is 0. The lowest BCUT2D eigenvalue weighted by molar-refractivity contribution is 0.0794. The molecule has 0 fully saturated rings. The molecule has 3 N–H and O–H groups in total. The minimum Gasteiger partial charge on any atom is -0.493 e. The molecule has 0 saturated carbocycles. The average Bonchev–Trinajstić information content (AvgIpc) is 3.11. The number of benzene rings is 1. The first-order valence-electron chi connectivity index (χ1n) is 10.4. The number of rotatable bonds is 9. The molecule has 0 spiro atoms. The molecule has 0 radical (unpaired) electrons. The topological polar surface area (TPSA) is 101 Å². The third-order valence-corrected chi connectivity index (χ3v) is 5.53. The summed E-state index contributed by atoms with van der Waals surface area (Å²) in [7, 11) is -1.21. The molecule has 30 heavy (non-hydrogen) atoms. The zero-order chi connectivity index (χ0) is 22.5. The van der Waals surface area contributed by atoms with Gasteiger partial charge < -0.3 is 13.7 Å². The van der Waals surface area contributed by atoms with Crippen LogP contribution in [0.5, 0.6) is 5.75 Å². The lowest BCUT2D eigenvalue weighted by Crippen LogP contribution is -2.26. The summed E-state index contributed by atoms with van der Waals surface area (Å²) in [5.74, 6) is 1.61. The Kier molecular flexibility index (Phi) is 8.23. The molecular formula is C22H35N3O4Si. The Bertz CT molecular complexity index is 835. The van der Waals surface area contributed by atoms with Crippen LogP contribution in [-0.4, -0.2) is 31.8 Å². The SMILES string of the molecule is Cc1cc(C(=N)NO)cc(C)c1OCCCc1cc(C(O[SiH](C)C)C(C)(C)C)no1. The van der Waals surface area contributed by atoms with Crippen LogP contribution in [0.25, 0.3) is 0 Å². The van der Waals surface area contributed by atoms with Crippen molar-refractivity contribution in [2.45, 2.75) is 66.7 Å². The van der Waals surface area contributed by atoms with Gasteiger partial charge in [-0.3, -0.25) is 16.1 Å². The molecule has 1 aromatic carbocycles. The number of aryl methyl sites for hydroxylation is 3. The molecule has 0 aliphatic rings. The summed E-state index contributed by atoms with van der Waals surface area (Å²) in [5.41, 5.74) is 5.16. The molecule has 2 rings (SSSR count). The Morgan fingerprint density at radius 2 is 1.87 bits per heavy atom. The van der Waals surface area contributed by atoms with E-state index in [-0.39, 0.29) is 17.4 Å². The lowest BCUT2D eigenvalue weighted by Gasteiger charge is -2.30. The second-order valence-electron chi connectivity index (χ2n) is 9.03. The number of ether oxygens (including phenoxy) is 1. The van der Waals surface area contributed by atoms with Crippen LogP contribution < -0.4 is 10.2 Å². The quantitative estimate of drug-likeness (QED) is 0.174. The summed E-state index contributed by atoms with van der Waals surface area (Å²) < 4.78 is 17.8. The molecule has 0 amide bonds. The van der Waals surface area contributed by atoms with Crippen LogP contribution in [0.15, 0.2) is 22.7 Å². The molecule has 1 heterocycles. The second-order valence-corrected chi connectivity index (χ2v) is 11.4. The van der Waals surface area contributed by atoms with Gasteiger partial charge in [-0.15, -0.1) is 0 Å². The van der Waals surface area contributed by atoms with E-state index in [9.17, 15) is 0 Å². The second kappa shape index (κ2) is 10.2. The first-order chi connectivity index (χ1) is 14.0. The van der Waals surface area contributed by atoms with Crippen LogP contribution >= 0.6 is 0 Å². The van der Waals surface area contributed by atoms with Crippen LogP contribution in [0.4, 0.5) is 0 Å². The molecule has 0 aliphatic heterocycles. The molecule has 1 aromatic heterocycles. The maximum Gasteiger partial charge on any atom is 0.171 e. The fourth-order valence-corrected chi connectivity index (χ4v) is 4.46. The molecule has 8 heteroatoms. The Morgan fingerprint density at radius 3 is 2.40 bits per heavy atom. The van der Waals surface area contributed by atoms with Crippen molar-refractivity contribution in [1.82, 2.24) is 10.6 Å². The van der Waals surface area contributed by atoms with E-state index in [1.807, 2.05) is 37.5 Å². The van der Waals surface area contributed by atoms with Gasteiger partial charge in [0, 0.05) is 18.1 Å². The van der Waals surface area contributed by atoms with Gasteiger partial charge in [0.2, 0.25) is 0 Å². The van der Waals surface area contributed by atoms with Gasteiger partial charge in [-0.05, 0) is 62.0 Å². The van der Waals surface area contributed by atoms with Crippen molar-refractivity contribution in [1.29, 1.82) is 5.41 Å². The molecule has 7 nitrogen and oxygen atoms in total. The molecule has 1 atom stereocenters. The molecule has 0 aliphatic carbocycles. The van der Waals surface area contributed by atoms with Crippen molar-refractivity contribution in [2.24, 2.45) is 5.41 Å². The largest absolute Gasteiger partial charge is 0.493 e. The van der Waals surface area contributed by atoms with E-state index in [1.54, 1.807) is 0 Å². The number of nitrogens with zero attached hydrogens (tertiary/aromatic N) is 1. The highest BCUT2D eigenvalue weighted by Gasteiger charge is 2.30. The van der Waals surface area contributed by atoms with Gasteiger partial charge in [0.25, 0.3) is 0 Å². The third kappa shape index (κ3) is 6.42. The van der Waals surface area contributed by atoms with Gasteiger partial charge in [0.1, 0.15) is 23.0 Å². The summed E-state index contributed by atoms with van der Waals surface area (Å²) in [5, 5.41) is 20.9. The van der Waals surface area contributed by atoms with E-state index >= 15 is 0 Å². The maximum atomic E-state index is 8.92. The average molecular weight is 434 g/mol. The highest BCUT2D eigenvalue weighted by atomic mass is 28.3. The predicted molar refractivity (Wildman–Crippen MR) is 120 cm³/mol. The number of amidine groups is 1. The van der Waals surface area contributed by atoms with Crippen molar-refractivity contribution >= 4 is 14.9 Å². The maximum absolute atomic E-state index is 8.92. The number of hydrogen-bond acceptors (Lipinski definition) is 6. The zero-order valence-corrected chi connectivity index (χ0v) is 20.3. The highest BCUT2D eigenvalue weighted by Crippen LogP contribution is 2.36. The Balaban J connectivity index is 1.95. The van der Waals surface area contributed by atoms with Crippen LogP contribution in [-0.2, 0) is 10.8 Å². The van der Waals surface area contributed by atoms with Gasteiger partial charge in [0.15, 0.2) is 9.04 Å². The normalized spacial score (nSPS) is 12.8. The van der Waals surface area contributed by atoms with E-state index < -0.39 is 9.04 Å². The molecule has 1 unspecified atom stereocenters. The number of hydrogen-bond donors (Lipinski definition) is 3. The van der Waals surface area contributed by atoms with Gasteiger partial charge >= 0.3 is 0 Å². The monoisotopic (exact) mass is 433 g/mol. The third-order valence-electron chi connectivity index (χ3n) is 4.72. The molecule has 0 bridgehead atoms. The smallest absolute Gasteiger partial charge is 0.171 e. The minimum absolute atomic E-state index is 0.0356. The van der Waals surface area contributed by atoms with Crippen LogP contribution in [0.1, 0.15) is 61.4 Å². The molecular weight excluding hydrogens is 398 g/mol. The van der Waals surface area contributed by atoms with Crippen molar-refractivity contribution < 1.29 is 18.9 Å². The van der Waals surface area contributed by atoms with Gasteiger partial charge in [-0.1, -0.05) is 25.9 Å². The van der Waals surface area contributed by atoms with Crippen LogP contribution in [0.2, 0.25) is 13.1 Å². The van der Waals surface area contributed by atoms with Crippen LogP contribution in [0.3, 0.4) is 0 Å². The number of aromatic nitrogens is 1. The van der Waals surface area contributed by atoms with Crippen molar-refractivity contribution in [3.05, 3.63) is 46.3 Å². The summed E-state index contributed by atoms with van der Waals surface area (Å²) in [4.78, 5) is 0. The summed E-state index contributed by atoms with van der Waals surface area (Å²) in [6.07, 6.45) is 1.47. The van der Waals surface area contributed by atoms with Crippen LogP contribution in [0, 0.1) is 24.7 Å². The molecule has 0 saturated heterocycles. The minimum atomic E-state index is -1.21. The summed E-state index contributed by atoms with van der Waals surface area (Å²) in [6, 6.07) is 5.65.